The number of anilines is 3. The molecule has 0 bridgehead atoms. The molecule has 0 aromatic heterocycles. The van der Waals surface area contributed by atoms with Crippen molar-refractivity contribution in [3.05, 3.63) is 53.1 Å². The fourth-order valence-corrected chi connectivity index (χ4v) is 3.14. The number of nitrogen functional groups attached to an aromatic ring is 1. The first kappa shape index (κ1) is 18.7. The molecular formula is C19H18ClN3O4. The predicted octanol–water partition coefficient (Wildman–Crippen LogP) is 2.84. The molecule has 140 valence electrons. The van der Waals surface area contributed by atoms with Crippen LogP contribution in [-0.2, 0) is 14.3 Å². The number of amides is 2. The minimum absolute atomic E-state index is 0.133. The zero-order chi connectivity index (χ0) is 19.6. The molecule has 0 aliphatic carbocycles. The van der Waals surface area contributed by atoms with E-state index in [1.165, 1.54) is 23.1 Å². The second-order valence-electron chi connectivity index (χ2n) is 6.19. The number of benzene rings is 2. The van der Waals surface area contributed by atoms with Crippen LogP contribution in [0.25, 0.3) is 0 Å². The van der Waals surface area contributed by atoms with E-state index in [0.717, 1.165) is 0 Å². The van der Waals surface area contributed by atoms with Gasteiger partial charge in [-0.25, -0.2) is 4.79 Å². The Hall–Kier alpha value is -3.06. The molecule has 2 amide bonds. The lowest BCUT2D eigenvalue weighted by molar-refractivity contribution is -0.122. The molecule has 2 aromatic rings. The summed E-state index contributed by atoms with van der Waals surface area (Å²) in [6.45, 7) is 1.28. The van der Waals surface area contributed by atoms with Crippen molar-refractivity contribution >= 4 is 46.4 Å². The van der Waals surface area contributed by atoms with Crippen molar-refractivity contribution in [2.45, 2.75) is 19.4 Å². The van der Waals surface area contributed by atoms with Crippen molar-refractivity contribution in [3.63, 3.8) is 0 Å². The highest BCUT2D eigenvalue weighted by Crippen LogP contribution is 2.31. The molecule has 0 fully saturated rings. The summed E-state index contributed by atoms with van der Waals surface area (Å²) in [5.41, 5.74) is 7.16. The number of para-hydroxylation sites is 2. The van der Waals surface area contributed by atoms with Gasteiger partial charge in [0.2, 0.25) is 5.91 Å². The summed E-state index contributed by atoms with van der Waals surface area (Å²) in [7, 11) is 0. The SMILES string of the molecule is C[C@@H]1CC(=O)Nc2ccccc2N1C(=O)COC(=O)c1ccc(Cl)cc1N. The second-order valence-corrected chi connectivity index (χ2v) is 6.63. The molecule has 8 heteroatoms. The molecule has 3 N–H and O–H groups in total. The summed E-state index contributed by atoms with van der Waals surface area (Å²) >= 11 is 5.82. The lowest BCUT2D eigenvalue weighted by Gasteiger charge is -2.27. The molecule has 1 aliphatic rings. The third-order valence-corrected chi connectivity index (χ3v) is 4.42. The molecule has 0 spiro atoms. The number of nitrogens with two attached hydrogens (primary N) is 1. The third kappa shape index (κ3) is 4.03. The van der Waals surface area contributed by atoms with Gasteiger partial charge in [-0.15, -0.1) is 0 Å². The van der Waals surface area contributed by atoms with Gasteiger partial charge >= 0.3 is 5.97 Å². The molecule has 1 aliphatic heterocycles. The highest BCUT2D eigenvalue weighted by molar-refractivity contribution is 6.31. The quantitative estimate of drug-likeness (QED) is 0.622. The lowest BCUT2D eigenvalue weighted by Crippen LogP contribution is -2.41. The molecule has 27 heavy (non-hydrogen) atoms. The standard InChI is InChI=1S/C19H18ClN3O4/c1-11-8-17(24)22-15-4-2-3-5-16(15)23(11)18(25)10-27-19(26)13-7-6-12(20)9-14(13)21/h2-7,9,11H,8,10,21H2,1H3,(H,22,24)/t11-/m1/s1. The zero-order valence-electron chi connectivity index (χ0n) is 14.6. The van der Waals surface area contributed by atoms with Crippen LogP contribution in [0.5, 0.6) is 0 Å². The molecule has 0 radical (unpaired) electrons. The van der Waals surface area contributed by atoms with Gasteiger partial charge < -0.3 is 20.7 Å². The van der Waals surface area contributed by atoms with E-state index < -0.39 is 18.5 Å². The van der Waals surface area contributed by atoms with Crippen molar-refractivity contribution in [1.82, 2.24) is 0 Å². The van der Waals surface area contributed by atoms with Crippen molar-refractivity contribution in [2.75, 3.05) is 22.6 Å². The average Bonchev–Trinajstić information content (AvgIpc) is 2.73. The van der Waals surface area contributed by atoms with Crippen LogP contribution in [0.4, 0.5) is 17.1 Å². The molecule has 7 nitrogen and oxygen atoms in total. The number of carbonyl (C=O) groups excluding carboxylic acids is 3. The lowest BCUT2D eigenvalue weighted by atomic mass is 10.1. The Morgan fingerprint density at radius 2 is 2.04 bits per heavy atom. The molecule has 0 saturated heterocycles. The molecule has 0 saturated carbocycles. The van der Waals surface area contributed by atoms with Gasteiger partial charge in [0.1, 0.15) is 0 Å². The van der Waals surface area contributed by atoms with E-state index in [-0.39, 0.29) is 29.6 Å². The van der Waals surface area contributed by atoms with Gasteiger partial charge in [-0.05, 0) is 37.3 Å². The fourth-order valence-electron chi connectivity index (χ4n) is 2.96. The van der Waals surface area contributed by atoms with E-state index >= 15 is 0 Å². The van der Waals surface area contributed by atoms with Crippen molar-refractivity contribution in [2.24, 2.45) is 0 Å². The molecule has 1 heterocycles. The molecular weight excluding hydrogens is 370 g/mol. The number of ether oxygens (including phenoxy) is 1. The minimum Gasteiger partial charge on any atom is -0.452 e. The average molecular weight is 388 g/mol. The number of esters is 1. The Morgan fingerprint density at radius 1 is 1.30 bits per heavy atom. The van der Waals surface area contributed by atoms with Crippen LogP contribution < -0.4 is 16.0 Å². The number of halogens is 1. The summed E-state index contributed by atoms with van der Waals surface area (Å²) in [5.74, 6) is -1.34. The largest absolute Gasteiger partial charge is 0.452 e. The van der Waals surface area contributed by atoms with Crippen molar-refractivity contribution in [1.29, 1.82) is 0 Å². The van der Waals surface area contributed by atoms with Crippen LogP contribution >= 0.6 is 11.6 Å². The Bertz CT molecular complexity index is 916. The number of hydrogen-bond acceptors (Lipinski definition) is 5. The Labute approximate surface area is 161 Å². The first-order valence-corrected chi connectivity index (χ1v) is 8.67. The van der Waals surface area contributed by atoms with Crippen LogP contribution in [-0.4, -0.2) is 30.4 Å². The van der Waals surface area contributed by atoms with Gasteiger partial charge in [-0.3, -0.25) is 9.59 Å². The molecule has 1 atom stereocenters. The van der Waals surface area contributed by atoms with Gasteiger partial charge in [0, 0.05) is 23.2 Å². The number of nitrogens with one attached hydrogen (secondary N) is 1. The van der Waals surface area contributed by atoms with Crippen LogP contribution in [0.3, 0.4) is 0 Å². The number of hydrogen-bond donors (Lipinski definition) is 2. The maximum atomic E-state index is 12.8. The maximum absolute atomic E-state index is 12.8. The smallest absolute Gasteiger partial charge is 0.340 e. The van der Waals surface area contributed by atoms with Crippen LogP contribution in [0.15, 0.2) is 42.5 Å². The Balaban J connectivity index is 1.77. The van der Waals surface area contributed by atoms with Crippen LogP contribution in [0.1, 0.15) is 23.7 Å². The summed E-state index contributed by atoms with van der Waals surface area (Å²) in [6.07, 6.45) is 0.137. The van der Waals surface area contributed by atoms with E-state index in [2.05, 4.69) is 5.32 Å². The van der Waals surface area contributed by atoms with Gasteiger partial charge in [0.25, 0.3) is 5.91 Å². The van der Waals surface area contributed by atoms with Gasteiger partial charge in [-0.1, -0.05) is 23.7 Å². The van der Waals surface area contributed by atoms with Crippen molar-refractivity contribution < 1.29 is 19.1 Å². The van der Waals surface area contributed by atoms with E-state index in [1.807, 2.05) is 0 Å². The Kier molecular flexibility index (Phi) is 5.32. The summed E-state index contributed by atoms with van der Waals surface area (Å²) in [4.78, 5) is 38.4. The van der Waals surface area contributed by atoms with Gasteiger partial charge in [0.05, 0.1) is 16.9 Å². The first-order chi connectivity index (χ1) is 12.9. The van der Waals surface area contributed by atoms with E-state index in [9.17, 15) is 14.4 Å². The highest BCUT2D eigenvalue weighted by atomic mass is 35.5. The first-order valence-electron chi connectivity index (χ1n) is 8.30. The number of rotatable bonds is 3. The van der Waals surface area contributed by atoms with Gasteiger partial charge in [-0.2, -0.15) is 0 Å². The molecule has 3 rings (SSSR count). The summed E-state index contributed by atoms with van der Waals surface area (Å²) in [5, 5.41) is 3.17. The van der Waals surface area contributed by atoms with Crippen LogP contribution in [0.2, 0.25) is 5.02 Å². The summed E-state index contributed by atoms with van der Waals surface area (Å²) in [6, 6.07) is 11.0. The number of fused-ring (bicyclic) bond motifs is 1. The monoisotopic (exact) mass is 387 g/mol. The van der Waals surface area contributed by atoms with Crippen LogP contribution in [0, 0.1) is 0 Å². The van der Waals surface area contributed by atoms with E-state index in [0.29, 0.717) is 16.4 Å². The number of nitrogens with zero attached hydrogens (tertiary/aromatic N) is 1. The fraction of sp³-hybridized carbons (Fsp3) is 0.211. The Morgan fingerprint density at radius 3 is 2.78 bits per heavy atom. The zero-order valence-corrected chi connectivity index (χ0v) is 15.3. The molecule has 2 aromatic carbocycles. The number of carbonyl (C=O) groups is 3. The minimum atomic E-state index is -0.720. The van der Waals surface area contributed by atoms with Gasteiger partial charge in [0.15, 0.2) is 6.61 Å². The third-order valence-electron chi connectivity index (χ3n) is 4.19. The predicted molar refractivity (Wildman–Crippen MR) is 103 cm³/mol. The van der Waals surface area contributed by atoms with Crippen molar-refractivity contribution in [3.8, 4) is 0 Å². The van der Waals surface area contributed by atoms with E-state index in [1.54, 1.807) is 31.2 Å². The highest BCUT2D eigenvalue weighted by Gasteiger charge is 2.30. The summed E-state index contributed by atoms with van der Waals surface area (Å²) < 4.78 is 5.14. The topological polar surface area (TPSA) is 102 Å². The normalized spacial score (nSPS) is 16.1. The van der Waals surface area contributed by atoms with E-state index in [4.69, 9.17) is 22.1 Å². The molecule has 0 unspecified atom stereocenters. The maximum Gasteiger partial charge on any atom is 0.340 e. The second kappa shape index (κ2) is 7.67.